The van der Waals surface area contributed by atoms with Crippen molar-refractivity contribution in [3.8, 4) is 0 Å². The lowest BCUT2D eigenvalue weighted by molar-refractivity contribution is -0.135. The van der Waals surface area contributed by atoms with Crippen molar-refractivity contribution in [2.24, 2.45) is 5.92 Å². The topological polar surface area (TPSA) is 91.0 Å². The Labute approximate surface area is 158 Å². The number of piperidine rings is 1. The number of likely N-dealkylation sites (tertiary alicyclic amines) is 1. The fraction of sp³-hybridized carbons (Fsp3) is 0.600. The van der Waals surface area contributed by atoms with Crippen molar-refractivity contribution in [1.29, 1.82) is 0 Å². The van der Waals surface area contributed by atoms with Crippen LogP contribution in [0.1, 0.15) is 67.9 Å². The van der Waals surface area contributed by atoms with Crippen LogP contribution in [0.15, 0.2) is 12.4 Å². The van der Waals surface area contributed by atoms with Crippen LogP contribution in [0.25, 0.3) is 11.2 Å². The first kappa shape index (κ1) is 17.9. The van der Waals surface area contributed by atoms with Crippen molar-refractivity contribution in [2.75, 3.05) is 13.1 Å². The Bertz CT molecular complexity index is 849. The molecular formula is C20H27N5O2. The molecule has 2 amide bonds. The maximum atomic E-state index is 12.9. The highest BCUT2D eigenvalue weighted by Gasteiger charge is 2.31. The van der Waals surface area contributed by atoms with Crippen LogP contribution in [0.5, 0.6) is 0 Å². The average Bonchev–Trinajstić information content (AvgIpc) is 3.45. The lowest BCUT2D eigenvalue weighted by Crippen LogP contribution is -2.52. The van der Waals surface area contributed by atoms with E-state index in [2.05, 4.69) is 20.3 Å². The van der Waals surface area contributed by atoms with Gasteiger partial charge in [-0.3, -0.25) is 9.59 Å². The highest BCUT2D eigenvalue weighted by Crippen LogP contribution is 2.39. The minimum Gasteiger partial charge on any atom is -0.344 e. The van der Waals surface area contributed by atoms with Crippen LogP contribution in [0.2, 0.25) is 0 Å². The van der Waals surface area contributed by atoms with E-state index in [1.54, 1.807) is 12.4 Å². The number of amides is 2. The van der Waals surface area contributed by atoms with Crippen LogP contribution in [0.3, 0.4) is 0 Å². The summed E-state index contributed by atoms with van der Waals surface area (Å²) in [5, 5.41) is 2.95. The van der Waals surface area contributed by atoms with Gasteiger partial charge in [-0.2, -0.15) is 0 Å². The van der Waals surface area contributed by atoms with E-state index in [0.717, 1.165) is 44.5 Å². The molecule has 1 saturated heterocycles. The van der Waals surface area contributed by atoms with Gasteiger partial charge in [-0.1, -0.05) is 13.8 Å². The smallest absolute Gasteiger partial charge is 0.255 e. The molecule has 0 aromatic carbocycles. The first-order chi connectivity index (χ1) is 13.0. The highest BCUT2D eigenvalue weighted by molar-refractivity contribution is 6.06. The number of hydrogen-bond acceptors (Lipinski definition) is 4. The molecule has 1 aliphatic heterocycles. The number of carbonyl (C=O) groups excluding carboxylic acids is 2. The molecule has 2 fully saturated rings. The summed E-state index contributed by atoms with van der Waals surface area (Å²) in [4.78, 5) is 39.8. The highest BCUT2D eigenvalue weighted by atomic mass is 16.2. The SMILES string of the molecule is CC(C)C(NC(=O)c1c[nH]c2ncc(C3CC3)nc12)C(=O)N1CCCCC1. The Kier molecular flexibility index (Phi) is 4.85. The third-order valence-corrected chi connectivity index (χ3v) is 5.53. The summed E-state index contributed by atoms with van der Waals surface area (Å²) in [5.41, 5.74) is 2.59. The summed E-state index contributed by atoms with van der Waals surface area (Å²) in [7, 11) is 0. The van der Waals surface area contributed by atoms with Crippen LogP contribution >= 0.6 is 0 Å². The molecule has 2 aromatic rings. The number of H-pyrrole nitrogens is 1. The number of nitrogens with one attached hydrogen (secondary N) is 2. The molecule has 0 radical (unpaired) electrons. The predicted molar refractivity (Wildman–Crippen MR) is 102 cm³/mol. The van der Waals surface area contributed by atoms with Crippen molar-refractivity contribution in [1.82, 2.24) is 25.2 Å². The lowest BCUT2D eigenvalue weighted by Gasteiger charge is -2.32. The fourth-order valence-electron chi connectivity index (χ4n) is 3.70. The van der Waals surface area contributed by atoms with Gasteiger partial charge in [0.25, 0.3) is 5.91 Å². The number of fused-ring (bicyclic) bond motifs is 1. The molecule has 2 aromatic heterocycles. The van der Waals surface area contributed by atoms with E-state index >= 15 is 0 Å². The van der Waals surface area contributed by atoms with E-state index in [1.807, 2.05) is 18.7 Å². The van der Waals surface area contributed by atoms with Gasteiger partial charge in [0.2, 0.25) is 5.91 Å². The maximum Gasteiger partial charge on any atom is 0.255 e. The van der Waals surface area contributed by atoms with E-state index in [1.165, 1.54) is 6.42 Å². The second-order valence-corrected chi connectivity index (χ2v) is 8.05. The molecule has 2 aliphatic rings. The Morgan fingerprint density at radius 3 is 2.63 bits per heavy atom. The standard InChI is InChI=1S/C20H27N5O2/c1-12(2)16(20(27)25-8-4-3-5-9-25)24-19(26)14-10-21-18-17(14)23-15(11-22-18)13-6-7-13/h10-13,16H,3-9H2,1-2H3,(H,21,22)(H,24,26). The van der Waals surface area contributed by atoms with E-state index in [9.17, 15) is 9.59 Å². The van der Waals surface area contributed by atoms with Crippen molar-refractivity contribution < 1.29 is 9.59 Å². The molecule has 3 heterocycles. The predicted octanol–water partition coefficient (Wildman–Crippen LogP) is 2.60. The molecule has 7 nitrogen and oxygen atoms in total. The van der Waals surface area contributed by atoms with Crippen LogP contribution < -0.4 is 5.32 Å². The summed E-state index contributed by atoms with van der Waals surface area (Å²) in [6.07, 6.45) is 8.92. The molecule has 1 unspecified atom stereocenters. The van der Waals surface area contributed by atoms with E-state index in [-0.39, 0.29) is 17.7 Å². The summed E-state index contributed by atoms with van der Waals surface area (Å²) in [6.45, 7) is 5.49. The molecule has 0 bridgehead atoms. The van der Waals surface area contributed by atoms with Gasteiger partial charge in [-0.25, -0.2) is 9.97 Å². The number of hydrogen-bond donors (Lipinski definition) is 2. The van der Waals surface area contributed by atoms with Gasteiger partial charge in [0, 0.05) is 25.2 Å². The lowest BCUT2D eigenvalue weighted by atomic mass is 10.0. The zero-order valence-corrected chi connectivity index (χ0v) is 16.0. The number of carbonyl (C=O) groups is 2. The van der Waals surface area contributed by atoms with Gasteiger partial charge in [0.05, 0.1) is 17.5 Å². The van der Waals surface area contributed by atoms with Crippen LogP contribution in [-0.4, -0.2) is 50.8 Å². The van der Waals surface area contributed by atoms with Crippen molar-refractivity contribution in [3.63, 3.8) is 0 Å². The molecule has 27 heavy (non-hydrogen) atoms. The van der Waals surface area contributed by atoms with Crippen molar-refractivity contribution >= 4 is 23.0 Å². The van der Waals surface area contributed by atoms with E-state index < -0.39 is 6.04 Å². The van der Waals surface area contributed by atoms with Gasteiger partial charge in [-0.15, -0.1) is 0 Å². The Morgan fingerprint density at radius 1 is 1.22 bits per heavy atom. The zero-order chi connectivity index (χ0) is 19.0. The molecule has 0 spiro atoms. The normalized spacial score (nSPS) is 18.7. The third-order valence-electron chi connectivity index (χ3n) is 5.53. The first-order valence-electron chi connectivity index (χ1n) is 9.98. The summed E-state index contributed by atoms with van der Waals surface area (Å²) in [5.74, 6) is 0.230. The average molecular weight is 369 g/mol. The van der Waals surface area contributed by atoms with Gasteiger partial charge >= 0.3 is 0 Å². The van der Waals surface area contributed by atoms with Gasteiger partial charge in [0.1, 0.15) is 11.6 Å². The second kappa shape index (κ2) is 7.29. The fourth-order valence-corrected chi connectivity index (χ4v) is 3.70. The van der Waals surface area contributed by atoms with Crippen LogP contribution in [-0.2, 0) is 4.79 Å². The van der Waals surface area contributed by atoms with Crippen molar-refractivity contribution in [3.05, 3.63) is 23.7 Å². The Morgan fingerprint density at radius 2 is 1.96 bits per heavy atom. The van der Waals surface area contributed by atoms with E-state index in [4.69, 9.17) is 0 Å². The largest absolute Gasteiger partial charge is 0.344 e. The van der Waals surface area contributed by atoms with Gasteiger partial charge in [0.15, 0.2) is 5.65 Å². The quantitative estimate of drug-likeness (QED) is 0.847. The minimum atomic E-state index is -0.528. The molecule has 1 atom stereocenters. The molecule has 1 saturated carbocycles. The van der Waals surface area contributed by atoms with Crippen LogP contribution in [0, 0.1) is 5.92 Å². The van der Waals surface area contributed by atoms with E-state index in [0.29, 0.717) is 22.6 Å². The second-order valence-electron chi connectivity index (χ2n) is 8.05. The molecule has 4 rings (SSSR count). The number of rotatable bonds is 5. The van der Waals surface area contributed by atoms with Gasteiger partial charge < -0.3 is 15.2 Å². The summed E-state index contributed by atoms with van der Waals surface area (Å²) >= 11 is 0. The van der Waals surface area contributed by atoms with Gasteiger partial charge in [-0.05, 0) is 38.0 Å². The van der Waals surface area contributed by atoms with Crippen LogP contribution in [0.4, 0.5) is 0 Å². The molecule has 2 N–H and O–H groups in total. The van der Waals surface area contributed by atoms with Crippen molar-refractivity contribution in [2.45, 2.75) is 57.9 Å². The Balaban J connectivity index is 1.54. The molecule has 7 heteroatoms. The molecule has 144 valence electrons. The summed E-state index contributed by atoms with van der Waals surface area (Å²) < 4.78 is 0. The number of aromatic nitrogens is 3. The Hall–Kier alpha value is -2.44. The molecular weight excluding hydrogens is 342 g/mol. The minimum absolute atomic E-state index is 0.0155. The third kappa shape index (κ3) is 3.68. The number of nitrogens with zero attached hydrogens (tertiary/aromatic N) is 3. The maximum absolute atomic E-state index is 12.9. The first-order valence-corrected chi connectivity index (χ1v) is 9.98. The summed E-state index contributed by atoms with van der Waals surface area (Å²) in [6, 6.07) is -0.528. The zero-order valence-electron chi connectivity index (χ0n) is 16.0. The number of aromatic amines is 1. The monoisotopic (exact) mass is 369 g/mol. The molecule has 1 aliphatic carbocycles.